The Kier molecular flexibility index (Phi) is 5.73. The minimum atomic E-state index is -3.18. The summed E-state index contributed by atoms with van der Waals surface area (Å²) in [6.07, 6.45) is 1.80. The highest BCUT2D eigenvalue weighted by Crippen LogP contribution is 2.36. The first kappa shape index (κ1) is 19.3. The molecule has 0 aliphatic carbocycles. The van der Waals surface area contributed by atoms with E-state index in [0.717, 1.165) is 25.5 Å². The number of hydrogen-bond acceptors (Lipinski definition) is 6. The first-order chi connectivity index (χ1) is 12.8. The molecule has 148 valence electrons. The van der Waals surface area contributed by atoms with Crippen LogP contribution in [0, 0.1) is 11.7 Å². The van der Waals surface area contributed by atoms with E-state index >= 15 is 0 Å². The SMILES string of the molecule is CC(Nc1cc(-c2n[nH]c(=O)o2)cc(F)c1OC(F)F)[C@@H]1CCN[C@H](C)C1. The molecular weight excluding hydrogens is 365 g/mol. The Morgan fingerprint density at radius 3 is 2.81 bits per heavy atom. The van der Waals surface area contributed by atoms with Crippen LogP contribution in [0.3, 0.4) is 0 Å². The number of piperidine rings is 1. The molecule has 27 heavy (non-hydrogen) atoms. The minimum absolute atomic E-state index is 0.0506. The zero-order valence-corrected chi connectivity index (χ0v) is 14.9. The number of halogens is 3. The fourth-order valence-electron chi connectivity index (χ4n) is 3.37. The highest BCUT2D eigenvalue weighted by molar-refractivity contribution is 5.68. The number of alkyl halides is 2. The summed E-state index contributed by atoms with van der Waals surface area (Å²) in [5, 5.41) is 12.1. The largest absolute Gasteiger partial charge is 0.434 e. The van der Waals surface area contributed by atoms with Crippen LogP contribution in [0.4, 0.5) is 18.9 Å². The second kappa shape index (κ2) is 8.03. The molecule has 0 radical (unpaired) electrons. The zero-order valence-electron chi connectivity index (χ0n) is 14.9. The van der Waals surface area contributed by atoms with Crippen LogP contribution in [0.15, 0.2) is 21.3 Å². The van der Waals surface area contributed by atoms with Crippen LogP contribution in [-0.2, 0) is 0 Å². The summed E-state index contributed by atoms with van der Waals surface area (Å²) in [5.74, 6) is -2.26. The summed E-state index contributed by atoms with van der Waals surface area (Å²) in [5.41, 5.74) is 0.176. The van der Waals surface area contributed by atoms with Gasteiger partial charge >= 0.3 is 12.4 Å². The van der Waals surface area contributed by atoms with Crippen molar-refractivity contribution >= 4 is 5.69 Å². The summed E-state index contributed by atoms with van der Waals surface area (Å²) < 4.78 is 49.1. The highest BCUT2D eigenvalue weighted by Gasteiger charge is 2.26. The Labute approximate surface area is 153 Å². The predicted octanol–water partition coefficient (Wildman–Crippen LogP) is 2.96. The average molecular weight is 386 g/mol. The van der Waals surface area contributed by atoms with Crippen LogP contribution in [0.1, 0.15) is 26.7 Å². The molecule has 2 heterocycles. The van der Waals surface area contributed by atoms with Gasteiger partial charge in [0.15, 0.2) is 11.6 Å². The Morgan fingerprint density at radius 2 is 2.19 bits per heavy atom. The molecule has 0 saturated carbocycles. The van der Waals surface area contributed by atoms with Crippen molar-refractivity contribution < 1.29 is 22.3 Å². The predicted molar refractivity (Wildman–Crippen MR) is 92.4 cm³/mol. The number of hydrogen-bond donors (Lipinski definition) is 3. The summed E-state index contributed by atoms with van der Waals surface area (Å²) in [6.45, 7) is 1.66. The minimum Gasteiger partial charge on any atom is -0.429 e. The molecule has 2 aromatic rings. The number of nitrogens with one attached hydrogen (secondary N) is 3. The number of aromatic amines is 1. The van der Waals surface area contributed by atoms with E-state index in [1.807, 2.05) is 6.92 Å². The second-order valence-electron chi connectivity index (χ2n) is 6.70. The molecule has 1 aliphatic heterocycles. The van der Waals surface area contributed by atoms with Crippen LogP contribution in [0.5, 0.6) is 5.75 Å². The number of nitrogens with zero attached hydrogens (tertiary/aromatic N) is 1. The first-order valence-corrected chi connectivity index (χ1v) is 8.67. The van der Waals surface area contributed by atoms with Crippen LogP contribution in [0.25, 0.3) is 11.5 Å². The molecule has 0 spiro atoms. The van der Waals surface area contributed by atoms with Gasteiger partial charge in [-0.15, -0.1) is 5.10 Å². The number of H-pyrrole nitrogens is 1. The fraction of sp³-hybridized carbons (Fsp3) is 0.529. The van der Waals surface area contributed by atoms with Gasteiger partial charge in [-0.1, -0.05) is 0 Å². The van der Waals surface area contributed by atoms with Crippen LogP contribution in [0.2, 0.25) is 0 Å². The lowest BCUT2D eigenvalue weighted by Crippen LogP contribution is -2.41. The monoisotopic (exact) mass is 386 g/mol. The molecule has 1 fully saturated rings. The molecule has 3 N–H and O–H groups in total. The van der Waals surface area contributed by atoms with Gasteiger partial charge in [0, 0.05) is 17.6 Å². The molecule has 0 amide bonds. The molecule has 10 heteroatoms. The Hall–Kier alpha value is -2.49. The van der Waals surface area contributed by atoms with Gasteiger partial charge in [0.25, 0.3) is 0 Å². The number of anilines is 1. The molecule has 1 aromatic carbocycles. The number of aromatic nitrogens is 2. The maximum Gasteiger partial charge on any atom is 0.434 e. The van der Waals surface area contributed by atoms with E-state index in [9.17, 15) is 18.0 Å². The van der Waals surface area contributed by atoms with Gasteiger partial charge in [-0.3, -0.25) is 0 Å². The van der Waals surface area contributed by atoms with E-state index in [0.29, 0.717) is 6.04 Å². The summed E-state index contributed by atoms with van der Waals surface area (Å²) in [7, 11) is 0. The molecular formula is C17H21F3N4O3. The molecule has 1 saturated heterocycles. The van der Waals surface area contributed by atoms with Crippen molar-refractivity contribution in [3.63, 3.8) is 0 Å². The molecule has 1 aliphatic rings. The van der Waals surface area contributed by atoms with Gasteiger partial charge in [-0.25, -0.2) is 14.3 Å². The summed E-state index contributed by atoms with van der Waals surface area (Å²) in [4.78, 5) is 11.1. The lowest BCUT2D eigenvalue weighted by Gasteiger charge is -2.33. The fourth-order valence-corrected chi connectivity index (χ4v) is 3.37. The quantitative estimate of drug-likeness (QED) is 0.707. The van der Waals surface area contributed by atoms with E-state index in [1.165, 1.54) is 6.07 Å². The van der Waals surface area contributed by atoms with Crippen molar-refractivity contribution in [3.05, 3.63) is 28.5 Å². The second-order valence-corrected chi connectivity index (χ2v) is 6.70. The van der Waals surface area contributed by atoms with E-state index < -0.39 is 23.9 Å². The molecule has 3 rings (SSSR count). The molecule has 1 aromatic heterocycles. The first-order valence-electron chi connectivity index (χ1n) is 8.67. The van der Waals surface area contributed by atoms with Gasteiger partial charge in [-0.05, 0) is 51.3 Å². The van der Waals surface area contributed by atoms with Gasteiger partial charge < -0.3 is 19.8 Å². The Balaban J connectivity index is 1.92. The summed E-state index contributed by atoms with van der Waals surface area (Å²) in [6, 6.07) is 2.53. The average Bonchev–Trinajstić information content (AvgIpc) is 3.04. The number of rotatable bonds is 6. The Bertz CT molecular complexity index is 839. The maximum atomic E-state index is 14.5. The van der Waals surface area contributed by atoms with E-state index in [1.54, 1.807) is 0 Å². The third-order valence-electron chi connectivity index (χ3n) is 4.69. The van der Waals surface area contributed by atoms with E-state index in [2.05, 4.69) is 32.5 Å². The molecule has 0 bridgehead atoms. The van der Waals surface area contributed by atoms with Gasteiger partial charge in [-0.2, -0.15) is 8.78 Å². The smallest absolute Gasteiger partial charge is 0.429 e. The van der Waals surface area contributed by atoms with Crippen molar-refractivity contribution in [2.24, 2.45) is 5.92 Å². The number of ether oxygens (including phenoxy) is 1. The molecule has 7 nitrogen and oxygen atoms in total. The van der Waals surface area contributed by atoms with Crippen molar-refractivity contribution in [3.8, 4) is 17.2 Å². The van der Waals surface area contributed by atoms with Crippen molar-refractivity contribution in [1.29, 1.82) is 0 Å². The molecule has 3 atom stereocenters. The van der Waals surface area contributed by atoms with Gasteiger partial charge in [0.2, 0.25) is 5.89 Å². The van der Waals surface area contributed by atoms with Crippen molar-refractivity contribution in [1.82, 2.24) is 15.5 Å². The van der Waals surface area contributed by atoms with Crippen molar-refractivity contribution in [2.45, 2.75) is 45.4 Å². The van der Waals surface area contributed by atoms with E-state index in [4.69, 9.17) is 4.42 Å². The molecule has 1 unspecified atom stereocenters. The maximum absolute atomic E-state index is 14.5. The summed E-state index contributed by atoms with van der Waals surface area (Å²) >= 11 is 0. The third kappa shape index (κ3) is 4.62. The number of benzene rings is 1. The van der Waals surface area contributed by atoms with Crippen LogP contribution >= 0.6 is 0 Å². The van der Waals surface area contributed by atoms with Gasteiger partial charge in [0.1, 0.15) is 0 Å². The highest BCUT2D eigenvalue weighted by atomic mass is 19.3. The van der Waals surface area contributed by atoms with Crippen LogP contribution in [-0.4, -0.2) is 35.4 Å². The lowest BCUT2D eigenvalue weighted by molar-refractivity contribution is -0.0517. The van der Waals surface area contributed by atoms with Crippen molar-refractivity contribution in [2.75, 3.05) is 11.9 Å². The van der Waals surface area contributed by atoms with Gasteiger partial charge in [0.05, 0.1) is 5.69 Å². The van der Waals surface area contributed by atoms with Crippen LogP contribution < -0.4 is 21.1 Å². The van der Waals surface area contributed by atoms with E-state index in [-0.39, 0.29) is 29.1 Å². The Morgan fingerprint density at radius 1 is 1.41 bits per heavy atom. The topological polar surface area (TPSA) is 92.2 Å². The standard InChI is InChI=1S/C17H21F3N4O3/c1-8-5-10(3-4-21-8)9(2)22-13-7-11(15-23-24-17(25)27-15)6-12(18)14(13)26-16(19)20/h6-10,16,21-22H,3-5H2,1-2H3,(H,24,25)/t8-,9?,10-/m1/s1. The normalized spacial score (nSPS) is 21.3. The zero-order chi connectivity index (χ0) is 19.6. The third-order valence-corrected chi connectivity index (χ3v) is 4.69. The lowest BCUT2D eigenvalue weighted by atomic mass is 9.87.